The van der Waals surface area contributed by atoms with Crippen LogP contribution in [-0.2, 0) is 6.42 Å². The standard InChI is InChI=1S/C24H25N3/c1-19-8-2-3-9-20(19)14-17-26-15-6-7-16-27(26)24-13-12-21(18-25)22-10-4-5-11-23(22)24/h2-5,8-13H,6-7,14-17H2,1H3. The quantitative estimate of drug-likeness (QED) is 0.654. The van der Waals surface area contributed by atoms with Gasteiger partial charge in [-0.05, 0) is 49.4 Å². The van der Waals surface area contributed by atoms with E-state index in [1.54, 1.807) is 0 Å². The molecule has 0 amide bonds. The van der Waals surface area contributed by atoms with E-state index in [-0.39, 0.29) is 0 Å². The predicted molar refractivity (Wildman–Crippen MR) is 112 cm³/mol. The molecule has 1 aliphatic heterocycles. The first-order valence-electron chi connectivity index (χ1n) is 9.76. The number of fused-ring (bicyclic) bond motifs is 1. The Bertz CT molecular complexity index is 986. The van der Waals surface area contributed by atoms with Crippen molar-refractivity contribution in [3.05, 3.63) is 77.4 Å². The fraction of sp³-hybridized carbons (Fsp3) is 0.292. The Morgan fingerprint density at radius 3 is 2.44 bits per heavy atom. The van der Waals surface area contributed by atoms with Gasteiger partial charge in [-0.2, -0.15) is 5.26 Å². The van der Waals surface area contributed by atoms with Gasteiger partial charge in [-0.25, -0.2) is 5.01 Å². The average Bonchev–Trinajstić information content (AvgIpc) is 2.73. The number of aryl methyl sites for hydroxylation is 1. The highest BCUT2D eigenvalue weighted by molar-refractivity contribution is 5.97. The first kappa shape index (κ1) is 17.6. The van der Waals surface area contributed by atoms with Gasteiger partial charge in [-0.1, -0.05) is 48.5 Å². The fourth-order valence-electron chi connectivity index (χ4n) is 4.07. The van der Waals surface area contributed by atoms with Crippen molar-refractivity contribution in [2.45, 2.75) is 26.2 Å². The third kappa shape index (κ3) is 3.54. The summed E-state index contributed by atoms with van der Waals surface area (Å²) in [5, 5.41) is 16.6. The van der Waals surface area contributed by atoms with Crippen LogP contribution in [0, 0.1) is 18.3 Å². The van der Waals surface area contributed by atoms with Crippen molar-refractivity contribution in [3.8, 4) is 6.07 Å². The molecule has 3 heteroatoms. The van der Waals surface area contributed by atoms with E-state index in [2.05, 4.69) is 71.5 Å². The highest BCUT2D eigenvalue weighted by Gasteiger charge is 2.22. The lowest BCUT2D eigenvalue weighted by atomic mass is 10.0. The van der Waals surface area contributed by atoms with E-state index >= 15 is 0 Å². The average molecular weight is 355 g/mol. The number of anilines is 1. The number of hydrogen-bond acceptors (Lipinski definition) is 3. The zero-order valence-corrected chi connectivity index (χ0v) is 15.9. The first-order chi connectivity index (χ1) is 13.3. The lowest BCUT2D eigenvalue weighted by Gasteiger charge is -2.41. The summed E-state index contributed by atoms with van der Waals surface area (Å²) in [5.74, 6) is 0. The molecule has 1 aliphatic rings. The molecule has 1 fully saturated rings. The summed E-state index contributed by atoms with van der Waals surface area (Å²) in [5.41, 5.74) is 4.75. The molecular formula is C24H25N3. The van der Waals surface area contributed by atoms with Gasteiger partial charge in [0.05, 0.1) is 17.3 Å². The van der Waals surface area contributed by atoms with Gasteiger partial charge in [0.2, 0.25) is 0 Å². The lowest BCUT2D eigenvalue weighted by molar-refractivity contribution is 0.215. The molecule has 0 spiro atoms. The predicted octanol–water partition coefficient (Wildman–Crippen LogP) is 5.08. The van der Waals surface area contributed by atoms with Gasteiger partial charge < -0.3 is 5.01 Å². The molecule has 0 aromatic heterocycles. The molecule has 0 N–H and O–H groups in total. The smallest absolute Gasteiger partial charge is 0.0998 e. The second-order valence-electron chi connectivity index (χ2n) is 7.25. The number of hydrazine groups is 1. The van der Waals surface area contributed by atoms with Crippen molar-refractivity contribution in [1.82, 2.24) is 5.01 Å². The van der Waals surface area contributed by atoms with Gasteiger partial charge in [-0.15, -0.1) is 0 Å². The molecule has 0 radical (unpaired) electrons. The number of rotatable bonds is 4. The minimum absolute atomic E-state index is 0.748. The largest absolute Gasteiger partial charge is 0.305 e. The number of benzene rings is 3. The molecule has 0 aliphatic carbocycles. The molecule has 0 unspecified atom stereocenters. The first-order valence-corrected chi connectivity index (χ1v) is 9.76. The fourth-order valence-corrected chi connectivity index (χ4v) is 4.07. The van der Waals surface area contributed by atoms with Crippen molar-refractivity contribution in [1.29, 1.82) is 5.26 Å². The lowest BCUT2D eigenvalue weighted by Crippen LogP contribution is -2.48. The Hall–Kier alpha value is -2.83. The summed E-state index contributed by atoms with van der Waals surface area (Å²) in [6, 6.07) is 23.3. The molecule has 3 nitrogen and oxygen atoms in total. The maximum absolute atomic E-state index is 9.45. The van der Waals surface area contributed by atoms with Gasteiger partial charge in [0.1, 0.15) is 0 Å². The van der Waals surface area contributed by atoms with E-state index in [1.165, 1.54) is 35.0 Å². The zero-order chi connectivity index (χ0) is 18.6. The molecule has 1 heterocycles. The third-order valence-corrected chi connectivity index (χ3v) is 5.58. The molecule has 0 bridgehead atoms. The minimum atomic E-state index is 0.748. The van der Waals surface area contributed by atoms with Crippen LogP contribution in [0.1, 0.15) is 29.5 Å². The number of nitriles is 1. The van der Waals surface area contributed by atoms with E-state index in [9.17, 15) is 5.26 Å². The van der Waals surface area contributed by atoms with Crippen molar-refractivity contribution in [2.24, 2.45) is 0 Å². The monoisotopic (exact) mass is 355 g/mol. The molecular weight excluding hydrogens is 330 g/mol. The van der Waals surface area contributed by atoms with Gasteiger partial charge in [0, 0.05) is 30.4 Å². The van der Waals surface area contributed by atoms with Crippen LogP contribution in [0.5, 0.6) is 0 Å². The van der Waals surface area contributed by atoms with Crippen molar-refractivity contribution in [2.75, 3.05) is 24.6 Å². The topological polar surface area (TPSA) is 30.3 Å². The summed E-state index contributed by atoms with van der Waals surface area (Å²) in [7, 11) is 0. The highest BCUT2D eigenvalue weighted by atomic mass is 15.6. The highest BCUT2D eigenvalue weighted by Crippen LogP contribution is 2.32. The van der Waals surface area contributed by atoms with Crippen LogP contribution in [0.4, 0.5) is 5.69 Å². The van der Waals surface area contributed by atoms with Crippen LogP contribution < -0.4 is 5.01 Å². The van der Waals surface area contributed by atoms with E-state index in [1.807, 2.05) is 12.1 Å². The molecule has 3 aromatic rings. The van der Waals surface area contributed by atoms with Gasteiger partial charge >= 0.3 is 0 Å². The van der Waals surface area contributed by atoms with Gasteiger partial charge in [-0.3, -0.25) is 0 Å². The summed E-state index contributed by atoms with van der Waals surface area (Å²) in [6.45, 7) is 5.32. The Morgan fingerprint density at radius 1 is 0.889 bits per heavy atom. The maximum atomic E-state index is 9.45. The van der Waals surface area contributed by atoms with Crippen LogP contribution >= 0.6 is 0 Å². The Kier molecular flexibility index (Phi) is 5.09. The third-order valence-electron chi connectivity index (χ3n) is 5.58. The Morgan fingerprint density at radius 2 is 1.63 bits per heavy atom. The molecule has 0 atom stereocenters. The van der Waals surface area contributed by atoms with Crippen LogP contribution in [0.3, 0.4) is 0 Å². The molecule has 4 rings (SSSR count). The minimum Gasteiger partial charge on any atom is -0.305 e. The van der Waals surface area contributed by atoms with E-state index in [0.29, 0.717) is 0 Å². The Balaban J connectivity index is 1.64. The molecule has 27 heavy (non-hydrogen) atoms. The van der Waals surface area contributed by atoms with Gasteiger partial charge in [0.15, 0.2) is 0 Å². The number of hydrogen-bond donors (Lipinski definition) is 0. The second kappa shape index (κ2) is 7.82. The zero-order valence-electron chi connectivity index (χ0n) is 15.9. The van der Waals surface area contributed by atoms with E-state index < -0.39 is 0 Å². The van der Waals surface area contributed by atoms with Crippen LogP contribution in [0.25, 0.3) is 10.8 Å². The molecule has 3 aromatic carbocycles. The molecule has 1 saturated heterocycles. The summed E-state index contributed by atoms with van der Waals surface area (Å²) < 4.78 is 0. The van der Waals surface area contributed by atoms with E-state index in [0.717, 1.165) is 37.0 Å². The maximum Gasteiger partial charge on any atom is 0.0998 e. The van der Waals surface area contributed by atoms with Crippen LogP contribution in [-0.4, -0.2) is 24.6 Å². The normalized spacial score (nSPS) is 15.0. The van der Waals surface area contributed by atoms with Crippen LogP contribution in [0.15, 0.2) is 60.7 Å². The summed E-state index contributed by atoms with van der Waals surface area (Å²) in [4.78, 5) is 0. The van der Waals surface area contributed by atoms with Gasteiger partial charge in [0.25, 0.3) is 0 Å². The van der Waals surface area contributed by atoms with Crippen molar-refractivity contribution < 1.29 is 0 Å². The molecule has 136 valence electrons. The van der Waals surface area contributed by atoms with E-state index in [4.69, 9.17) is 0 Å². The molecule has 0 saturated carbocycles. The Labute approximate surface area is 161 Å². The van der Waals surface area contributed by atoms with Crippen LogP contribution in [0.2, 0.25) is 0 Å². The SMILES string of the molecule is Cc1ccccc1CCN1CCCCN1c1ccc(C#N)c2ccccc12. The summed E-state index contributed by atoms with van der Waals surface area (Å²) >= 11 is 0. The van der Waals surface area contributed by atoms with Crippen molar-refractivity contribution >= 4 is 16.5 Å². The summed E-state index contributed by atoms with van der Waals surface area (Å²) in [6.07, 6.45) is 3.49. The second-order valence-corrected chi connectivity index (χ2v) is 7.25. The van der Waals surface area contributed by atoms with Crippen molar-refractivity contribution in [3.63, 3.8) is 0 Å². The number of nitrogens with zero attached hydrogens (tertiary/aromatic N) is 3.